The first-order valence-electron chi connectivity index (χ1n) is 8.66. The van der Waals surface area contributed by atoms with Crippen LogP contribution in [-0.2, 0) is 0 Å². The Morgan fingerprint density at radius 3 is 2.46 bits per heavy atom. The number of para-hydroxylation sites is 2. The molecule has 5 nitrogen and oxygen atoms in total. The van der Waals surface area contributed by atoms with Gasteiger partial charge in [0.25, 0.3) is 5.56 Å². The molecule has 4 aromatic rings. The van der Waals surface area contributed by atoms with Gasteiger partial charge in [-0.2, -0.15) is 5.26 Å². The van der Waals surface area contributed by atoms with Crippen LogP contribution in [0.2, 0.25) is 0 Å². The van der Waals surface area contributed by atoms with E-state index < -0.39 is 0 Å². The number of nitriles is 1. The van der Waals surface area contributed by atoms with Crippen LogP contribution in [0.15, 0.2) is 77.6 Å². The van der Waals surface area contributed by atoms with Gasteiger partial charge >= 0.3 is 0 Å². The van der Waals surface area contributed by atoms with Gasteiger partial charge in [0, 0.05) is 0 Å². The van der Waals surface area contributed by atoms with Crippen LogP contribution in [0.5, 0.6) is 5.75 Å². The highest BCUT2D eigenvalue weighted by Gasteiger charge is 2.10. The number of phenols is 1. The minimum atomic E-state index is -0.154. The van der Waals surface area contributed by atoms with Gasteiger partial charge in [0.1, 0.15) is 17.6 Å². The molecule has 0 aliphatic heterocycles. The lowest BCUT2D eigenvalue weighted by molar-refractivity contribution is 0.473. The molecular formula is C23H15N3O2. The van der Waals surface area contributed by atoms with Crippen LogP contribution >= 0.6 is 0 Å². The normalized spacial score (nSPS) is 11.0. The lowest BCUT2D eigenvalue weighted by atomic mass is 10.1. The summed E-state index contributed by atoms with van der Waals surface area (Å²) < 4.78 is 1.56. The zero-order valence-corrected chi connectivity index (χ0v) is 14.8. The van der Waals surface area contributed by atoms with Crippen molar-refractivity contribution in [2.45, 2.75) is 0 Å². The number of aromatic nitrogens is 2. The smallest absolute Gasteiger partial charge is 0.266 e. The largest absolute Gasteiger partial charge is 0.507 e. The second-order valence-electron chi connectivity index (χ2n) is 6.18. The first-order chi connectivity index (χ1) is 13.7. The van der Waals surface area contributed by atoms with Gasteiger partial charge in [-0.3, -0.25) is 9.36 Å². The molecule has 134 valence electrons. The van der Waals surface area contributed by atoms with Gasteiger partial charge in [-0.15, -0.1) is 0 Å². The molecule has 0 fully saturated rings. The SMILES string of the molecule is N#Cc1ccc(/C=C/c2nc3ccccc3c(=O)n2-c2ccccc2)cc1O. The number of benzene rings is 3. The molecule has 1 aromatic heterocycles. The average molecular weight is 365 g/mol. The monoisotopic (exact) mass is 365 g/mol. The third-order valence-corrected chi connectivity index (χ3v) is 4.38. The van der Waals surface area contributed by atoms with E-state index in [0.717, 1.165) is 0 Å². The van der Waals surface area contributed by atoms with Crippen LogP contribution < -0.4 is 5.56 Å². The zero-order chi connectivity index (χ0) is 19.5. The Hall–Kier alpha value is -4.17. The van der Waals surface area contributed by atoms with Crippen molar-refractivity contribution in [2.24, 2.45) is 0 Å². The first kappa shape index (κ1) is 17.3. The summed E-state index contributed by atoms with van der Waals surface area (Å²) in [5.41, 5.74) is 2.08. The van der Waals surface area contributed by atoms with Crippen LogP contribution in [0.25, 0.3) is 28.7 Å². The summed E-state index contributed by atoms with van der Waals surface area (Å²) in [4.78, 5) is 17.8. The fourth-order valence-corrected chi connectivity index (χ4v) is 3.01. The van der Waals surface area contributed by atoms with Crippen molar-refractivity contribution in [2.75, 3.05) is 0 Å². The minimum Gasteiger partial charge on any atom is -0.507 e. The summed E-state index contributed by atoms with van der Waals surface area (Å²) in [5.74, 6) is 0.385. The number of hydrogen-bond donors (Lipinski definition) is 1. The number of fused-ring (bicyclic) bond motifs is 1. The van der Waals surface area contributed by atoms with Crippen LogP contribution in [0.3, 0.4) is 0 Å². The molecule has 0 amide bonds. The van der Waals surface area contributed by atoms with Crippen molar-refractivity contribution >= 4 is 23.1 Å². The second-order valence-corrected chi connectivity index (χ2v) is 6.18. The molecule has 3 aromatic carbocycles. The highest BCUT2D eigenvalue weighted by molar-refractivity contribution is 5.80. The molecule has 0 saturated carbocycles. The maximum absolute atomic E-state index is 13.1. The van der Waals surface area contributed by atoms with E-state index in [-0.39, 0.29) is 16.9 Å². The predicted molar refractivity (Wildman–Crippen MR) is 109 cm³/mol. The van der Waals surface area contributed by atoms with Crippen LogP contribution in [0.1, 0.15) is 17.0 Å². The Morgan fingerprint density at radius 1 is 0.964 bits per heavy atom. The summed E-state index contributed by atoms with van der Waals surface area (Å²) >= 11 is 0. The van der Waals surface area contributed by atoms with Crippen LogP contribution in [0, 0.1) is 11.3 Å². The lowest BCUT2D eigenvalue weighted by Crippen LogP contribution is -2.22. The Morgan fingerprint density at radius 2 is 1.71 bits per heavy atom. The van der Waals surface area contributed by atoms with E-state index in [1.54, 1.807) is 41.0 Å². The van der Waals surface area contributed by atoms with Crippen molar-refractivity contribution in [3.8, 4) is 17.5 Å². The molecule has 0 radical (unpaired) electrons. The number of rotatable bonds is 3. The molecular weight excluding hydrogens is 350 g/mol. The molecule has 1 N–H and O–H groups in total. The van der Waals surface area contributed by atoms with Gasteiger partial charge in [0.15, 0.2) is 0 Å². The molecule has 0 aliphatic rings. The highest BCUT2D eigenvalue weighted by atomic mass is 16.3. The Labute approximate surface area is 161 Å². The summed E-state index contributed by atoms with van der Waals surface area (Å²) in [5, 5.41) is 19.4. The molecule has 1 heterocycles. The van der Waals surface area contributed by atoms with E-state index in [1.807, 2.05) is 48.5 Å². The van der Waals surface area contributed by atoms with Crippen LogP contribution in [-0.4, -0.2) is 14.7 Å². The fraction of sp³-hybridized carbons (Fsp3) is 0. The molecule has 0 saturated heterocycles. The Kier molecular flexibility index (Phi) is 4.45. The van der Waals surface area contributed by atoms with E-state index in [4.69, 9.17) is 5.26 Å². The number of phenolic OH excluding ortho intramolecular Hbond substituents is 1. The van der Waals surface area contributed by atoms with Crippen molar-refractivity contribution in [1.29, 1.82) is 5.26 Å². The van der Waals surface area contributed by atoms with Gasteiger partial charge in [0.2, 0.25) is 0 Å². The van der Waals surface area contributed by atoms with Gasteiger partial charge in [-0.25, -0.2) is 4.98 Å². The first-order valence-corrected chi connectivity index (χ1v) is 8.66. The predicted octanol–water partition coefficient (Wildman–Crippen LogP) is 4.13. The quantitative estimate of drug-likeness (QED) is 0.592. The molecule has 0 aliphatic carbocycles. The molecule has 0 unspecified atom stereocenters. The highest BCUT2D eigenvalue weighted by Crippen LogP contribution is 2.20. The lowest BCUT2D eigenvalue weighted by Gasteiger charge is -2.11. The standard InChI is InChI=1S/C23H15N3O2/c24-15-17-12-10-16(14-21(17)27)11-13-22-25-20-9-5-4-8-19(20)23(28)26(22)18-6-2-1-3-7-18/h1-14,27H/b13-11+. The molecule has 0 spiro atoms. The third-order valence-electron chi connectivity index (χ3n) is 4.38. The summed E-state index contributed by atoms with van der Waals surface area (Å²) in [7, 11) is 0. The van der Waals surface area contributed by atoms with Gasteiger partial charge < -0.3 is 5.11 Å². The maximum Gasteiger partial charge on any atom is 0.266 e. The Balaban J connectivity index is 1.89. The molecule has 5 heteroatoms. The minimum absolute atomic E-state index is 0.0865. The second kappa shape index (κ2) is 7.22. The van der Waals surface area contributed by atoms with E-state index >= 15 is 0 Å². The summed E-state index contributed by atoms with van der Waals surface area (Å²) in [6.45, 7) is 0. The molecule has 0 atom stereocenters. The number of nitrogens with zero attached hydrogens (tertiary/aromatic N) is 3. The van der Waals surface area contributed by atoms with E-state index in [0.29, 0.717) is 28.0 Å². The topological polar surface area (TPSA) is 78.9 Å². The van der Waals surface area contributed by atoms with Crippen molar-refractivity contribution in [3.63, 3.8) is 0 Å². The summed E-state index contributed by atoms with van der Waals surface area (Å²) in [6.07, 6.45) is 3.47. The third kappa shape index (κ3) is 3.15. The van der Waals surface area contributed by atoms with Gasteiger partial charge in [-0.05, 0) is 48.0 Å². The maximum atomic E-state index is 13.1. The van der Waals surface area contributed by atoms with Crippen LogP contribution in [0.4, 0.5) is 0 Å². The van der Waals surface area contributed by atoms with Gasteiger partial charge in [0.05, 0.1) is 22.2 Å². The van der Waals surface area contributed by atoms with E-state index in [2.05, 4.69) is 4.98 Å². The molecule has 4 rings (SSSR count). The fourth-order valence-electron chi connectivity index (χ4n) is 3.01. The average Bonchev–Trinajstić information content (AvgIpc) is 2.73. The molecule has 28 heavy (non-hydrogen) atoms. The Bertz CT molecular complexity index is 1300. The van der Waals surface area contributed by atoms with Crippen molar-refractivity contribution < 1.29 is 5.11 Å². The van der Waals surface area contributed by atoms with E-state index in [1.165, 1.54) is 6.07 Å². The van der Waals surface area contributed by atoms with Gasteiger partial charge in [-0.1, -0.05) is 42.5 Å². The molecule has 0 bridgehead atoms. The van der Waals surface area contributed by atoms with E-state index in [9.17, 15) is 9.90 Å². The van der Waals surface area contributed by atoms with Crippen molar-refractivity contribution in [3.05, 3.63) is 100 Å². The summed E-state index contributed by atoms with van der Waals surface area (Å²) in [6, 6.07) is 23.2. The number of aromatic hydroxyl groups is 1. The zero-order valence-electron chi connectivity index (χ0n) is 14.8. The number of hydrogen-bond acceptors (Lipinski definition) is 4. The van der Waals surface area contributed by atoms with Crippen molar-refractivity contribution in [1.82, 2.24) is 9.55 Å².